The fourth-order valence-electron chi connectivity index (χ4n) is 3.28. The van der Waals surface area contributed by atoms with Crippen LogP contribution in [0.15, 0.2) is 30.5 Å². The Bertz CT molecular complexity index is 926. The number of carbonyl (C=O) groups excluding carboxylic acids is 1. The molecule has 0 aliphatic heterocycles. The molecule has 1 amide bonds. The Labute approximate surface area is 134 Å². The Morgan fingerprint density at radius 3 is 2.87 bits per heavy atom. The molecule has 0 radical (unpaired) electrons. The zero-order valence-electron chi connectivity index (χ0n) is 13.3. The molecule has 116 valence electrons. The van der Waals surface area contributed by atoms with Gasteiger partial charge in [0.05, 0.1) is 11.9 Å². The molecule has 1 aliphatic carbocycles. The van der Waals surface area contributed by atoms with Crippen LogP contribution in [0.2, 0.25) is 0 Å². The number of aryl methyl sites for hydroxylation is 4. The summed E-state index contributed by atoms with van der Waals surface area (Å²) in [5, 5.41) is 7.38. The third-order valence-corrected chi connectivity index (χ3v) is 4.36. The summed E-state index contributed by atoms with van der Waals surface area (Å²) in [6.07, 6.45) is 5.01. The second-order valence-corrected chi connectivity index (χ2v) is 6.14. The van der Waals surface area contributed by atoms with Crippen molar-refractivity contribution in [2.45, 2.75) is 33.1 Å². The number of hydrogen-bond donors (Lipinski definition) is 1. The predicted molar refractivity (Wildman–Crippen MR) is 88.9 cm³/mol. The lowest BCUT2D eigenvalue weighted by Crippen LogP contribution is -2.16. The Morgan fingerprint density at radius 2 is 2.00 bits per heavy atom. The van der Waals surface area contributed by atoms with Crippen molar-refractivity contribution >= 4 is 17.2 Å². The summed E-state index contributed by atoms with van der Waals surface area (Å²) in [5.41, 5.74) is 6.60. The molecule has 0 saturated heterocycles. The summed E-state index contributed by atoms with van der Waals surface area (Å²) in [6.45, 7) is 3.88. The highest BCUT2D eigenvalue weighted by atomic mass is 16.2. The van der Waals surface area contributed by atoms with Gasteiger partial charge in [-0.15, -0.1) is 0 Å². The van der Waals surface area contributed by atoms with Crippen molar-refractivity contribution in [3.05, 3.63) is 58.5 Å². The number of carbonyl (C=O) groups is 1. The van der Waals surface area contributed by atoms with Gasteiger partial charge in [-0.1, -0.05) is 6.07 Å². The van der Waals surface area contributed by atoms with Crippen molar-refractivity contribution in [1.29, 1.82) is 0 Å². The molecule has 4 rings (SSSR count). The molecular weight excluding hydrogens is 288 g/mol. The average Bonchev–Trinajstić information content (AvgIpc) is 3.12. The first-order chi connectivity index (χ1) is 11.1. The van der Waals surface area contributed by atoms with E-state index in [1.165, 1.54) is 17.5 Å². The molecule has 0 spiro atoms. The summed E-state index contributed by atoms with van der Waals surface area (Å²) >= 11 is 0. The largest absolute Gasteiger partial charge is 0.321 e. The lowest BCUT2D eigenvalue weighted by molar-refractivity contribution is 0.102. The van der Waals surface area contributed by atoms with Gasteiger partial charge >= 0.3 is 0 Å². The van der Waals surface area contributed by atoms with Crippen LogP contribution in [0.5, 0.6) is 0 Å². The number of benzene rings is 1. The molecule has 1 N–H and O–H groups in total. The molecule has 0 bridgehead atoms. The first-order valence-corrected chi connectivity index (χ1v) is 7.87. The maximum absolute atomic E-state index is 12.6. The summed E-state index contributed by atoms with van der Waals surface area (Å²) in [6, 6.07) is 8.12. The number of fused-ring (bicyclic) bond motifs is 2. The van der Waals surface area contributed by atoms with Gasteiger partial charge in [-0.2, -0.15) is 5.10 Å². The number of nitrogens with one attached hydrogen (secondary N) is 1. The molecule has 1 aromatic carbocycles. The lowest BCUT2D eigenvalue weighted by Gasteiger charge is -2.07. The quantitative estimate of drug-likeness (QED) is 0.791. The van der Waals surface area contributed by atoms with Gasteiger partial charge in [0.25, 0.3) is 5.91 Å². The van der Waals surface area contributed by atoms with E-state index in [-0.39, 0.29) is 5.91 Å². The second kappa shape index (κ2) is 5.19. The van der Waals surface area contributed by atoms with Crippen molar-refractivity contribution in [1.82, 2.24) is 14.6 Å². The Balaban J connectivity index is 1.67. The molecule has 0 saturated carbocycles. The first-order valence-electron chi connectivity index (χ1n) is 7.87. The van der Waals surface area contributed by atoms with E-state index in [9.17, 15) is 4.79 Å². The normalized spacial score (nSPS) is 13.3. The predicted octanol–water partition coefficient (Wildman–Crippen LogP) is 3.09. The molecule has 0 atom stereocenters. The molecular formula is C18H18N4O. The van der Waals surface area contributed by atoms with Gasteiger partial charge in [0.15, 0.2) is 11.3 Å². The van der Waals surface area contributed by atoms with Crippen molar-refractivity contribution in [2.24, 2.45) is 0 Å². The molecule has 1 aliphatic rings. The van der Waals surface area contributed by atoms with Crippen LogP contribution in [-0.4, -0.2) is 20.5 Å². The summed E-state index contributed by atoms with van der Waals surface area (Å²) in [4.78, 5) is 16.9. The van der Waals surface area contributed by atoms with Gasteiger partial charge in [-0.05, 0) is 68.0 Å². The third kappa shape index (κ3) is 2.38. The molecule has 0 fully saturated rings. The van der Waals surface area contributed by atoms with Gasteiger partial charge < -0.3 is 5.32 Å². The number of imidazole rings is 1. The summed E-state index contributed by atoms with van der Waals surface area (Å²) in [5.74, 6) is -0.187. The highest BCUT2D eigenvalue weighted by Crippen LogP contribution is 2.25. The maximum Gasteiger partial charge on any atom is 0.276 e. The minimum Gasteiger partial charge on any atom is -0.321 e. The average molecular weight is 306 g/mol. The number of hydrogen-bond acceptors (Lipinski definition) is 3. The SMILES string of the molecule is Cc1cc(C)c2ncc(C(=O)Nc3ccc4c(c3)CCC4)n2n1. The van der Waals surface area contributed by atoms with Crippen LogP contribution >= 0.6 is 0 Å². The Morgan fingerprint density at radius 1 is 1.17 bits per heavy atom. The van der Waals surface area contributed by atoms with Crippen LogP contribution in [0, 0.1) is 13.8 Å². The third-order valence-electron chi connectivity index (χ3n) is 4.36. The Hall–Kier alpha value is -2.69. The first kappa shape index (κ1) is 13.9. The number of anilines is 1. The maximum atomic E-state index is 12.6. The van der Waals surface area contributed by atoms with Crippen molar-refractivity contribution in [2.75, 3.05) is 5.32 Å². The summed E-state index contributed by atoms with van der Waals surface area (Å²) in [7, 11) is 0. The number of rotatable bonds is 2. The molecule has 2 aromatic heterocycles. The molecule has 5 nitrogen and oxygen atoms in total. The van der Waals surface area contributed by atoms with Crippen LogP contribution < -0.4 is 5.32 Å². The van der Waals surface area contributed by atoms with Gasteiger partial charge in [0.2, 0.25) is 0 Å². The number of amides is 1. The van der Waals surface area contributed by atoms with E-state index < -0.39 is 0 Å². The van der Waals surface area contributed by atoms with Crippen LogP contribution in [0.25, 0.3) is 5.65 Å². The topological polar surface area (TPSA) is 59.3 Å². The van der Waals surface area contributed by atoms with Gasteiger partial charge in [-0.25, -0.2) is 9.50 Å². The standard InChI is InChI=1S/C18H18N4O/c1-11-8-12(2)21-22-16(10-19-17(11)22)18(23)20-15-7-6-13-4-3-5-14(13)9-15/h6-10H,3-5H2,1-2H3,(H,20,23). The zero-order chi connectivity index (χ0) is 16.0. The summed E-state index contributed by atoms with van der Waals surface area (Å²) < 4.78 is 1.62. The highest BCUT2D eigenvalue weighted by molar-refractivity contribution is 6.03. The number of aromatic nitrogens is 3. The fraction of sp³-hybridized carbons (Fsp3) is 0.278. The van der Waals surface area contributed by atoms with E-state index in [0.29, 0.717) is 5.69 Å². The van der Waals surface area contributed by atoms with Crippen molar-refractivity contribution in [3.63, 3.8) is 0 Å². The van der Waals surface area contributed by atoms with E-state index in [2.05, 4.69) is 27.5 Å². The minimum atomic E-state index is -0.187. The van der Waals surface area contributed by atoms with Crippen LogP contribution in [0.1, 0.15) is 39.3 Å². The second-order valence-electron chi connectivity index (χ2n) is 6.14. The molecule has 2 heterocycles. The monoisotopic (exact) mass is 306 g/mol. The zero-order valence-corrected chi connectivity index (χ0v) is 13.3. The lowest BCUT2D eigenvalue weighted by atomic mass is 10.1. The van der Waals surface area contributed by atoms with Crippen LogP contribution in [0.4, 0.5) is 5.69 Å². The Kier molecular flexibility index (Phi) is 3.15. The van der Waals surface area contributed by atoms with Crippen LogP contribution in [-0.2, 0) is 12.8 Å². The van der Waals surface area contributed by atoms with Crippen molar-refractivity contribution < 1.29 is 4.79 Å². The van der Waals surface area contributed by atoms with Gasteiger partial charge in [-0.3, -0.25) is 4.79 Å². The highest BCUT2D eigenvalue weighted by Gasteiger charge is 2.16. The van der Waals surface area contributed by atoms with Crippen molar-refractivity contribution in [3.8, 4) is 0 Å². The minimum absolute atomic E-state index is 0.187. The number of nitrogens with zero attached hydrogens (tertiary/aromatic N) is 3. The van der Waals surface area contributed by atoms with E-state index in [0.717, 1.165) is 35.4 Å². The van der Waals surface area contributed by atoms with Crippen LogP contribution in [0.3, 0.4) is 0 Å². The van der Waals surface area contributed by atoms with Gasteiger partial charge in [0, 0.05) is 5.69 Å². The fourth-order valence-corrected chi connectivity index (χ4v) is 3.28. The molecule has 3 aromatic rings. The molecule has 0 unspecified atom stereocenters. The smallest absolute Gasteiger partial charge is 0.276 e. The molecule has 5 heteroatoms. The van der Waals surface area contributed by atoms with E-state index in [1.54, 1.807) is 10.7 Å². The van der Waals surface area contributed by atoms with E-state index in [4.69, 9.17) is 0 Å². The van der Waals surface area contributed by atoms with E-state index >= 15 is 0 Å². The van der Waals surface area contributed by atoms with Gasteiger partial charge in [0.1, 0.15) is 0 Å². The molecule has 23 heavy (non-hydrogen) atoms. The van der Waals surface area contributed by atoms with E-state index in [1.807, 2.05) is 26.0 Å².